The van der Waals surface area contributed by atoms with E-state index < -0.39 is 48.2 Å². The molecule has 0 spiro atoms. The van der Waals surface area contributed by atoms with Crippen molar-refractivity contribution in [2.45, 2.75) is 312 Å². The Bertz CT molecular complexity index is 4550. The number of hydrogen-bond donors (Lipinski definition) is 5. The maximum absolute atomic E-state index is 13.4. The maximum atomic E-state index is 13.4. The number of carbonyl (C=O) groups is 1. The zero-order valence-electron chi connectivity index (χ0n) is 71.2. The number of aliphatic hydroxyl groups is 1. The van der Waals surface area contributed by atoms with Gasteiger partial charge in [-0.1, -0.05) is 18.2 Å². The molecule has 8 aromatic heterocycles. The van der Waals surface area contributed by atoms with Crippen molar-refractivity contribution in [2.24, 2.45) is 0 Å². The molecule has 34 heteroatoms. The van der Waals surface area contributed by atoms with E-state index in [-0.39, 0.29) is 92.2 Å². The first-order chi connectivity index (χ1) is 55.7. The van der Waals surface area contributed by atoms with Crippen LogP contribution >= 0.6 is 11.6 Å². The zero-order valence-corrected chi connectivity index (χ0v) is 74.9. The standard InChI is InChI=1S/C19H25F2N5O.C17H23F2N5O.C17H21F2N5O.C15H18ClF2N5.C4H7O.3C4H9.Sn/c1-5-27-14(4)16-11-17(22-15-6-8-19(20,21)9-7-15)24-18(23-16)26-13(3)10-12(2)25-26;2*1-10-8-11(2)24(23-10)16-21-14(12(3)25)9-15(22-16)20-13-4-6-17(18,19)7-5-13;1-9-7-10(2)23(22-9)14-20-12(16)8-13(21-14)19-11-3-5-15(17,18)6-4-11;1-3-5-4-2;3*1-3-4-2;/h10-11,15H,4-9H2,1-3H3,(H,22,23,24);8-9,12-13,25H,4-7H2,1-3H3,(H,20,21,22);8-9,13H,4-7H2,1-3H3,(H,20,21,22);7-8,11H,3-6H2,1-2H3,(H,19,20,21);1,4H2,2H3;3*1,3-4H2,2H3;. The van der Waals surface area contributed by atoms with Crippen LogP contribution in [0.15, 0.2) is 65.5 Å². The molecule has 4 aliphatic rings. The van der Waals surface area contributed by atoms with Crippen LogP contribution in [-0.2, 0) is 9.47 Å². The zero-order chi connectivity index (χ0) is 86.5. The molecule has 0 saturated heterocycles. The molecule has 0 aliphatic heterocycles. The fraction of sp³-hybridized carbons (Fsp3) is 0.607. The fourth-order valence-corrected chi connectivity index (χ4v) is 29.6. The third-order valence-corrected chi connectivity index (χ3v) is 36.5. The van der Waals surface area contributed by atoms with Gasteiger partial charge in [-0.05, 0) is 145 Å². The summed E-state index contributed by atoms with van der Waals surface area (Å²) >= 11 is 3.83. The third-order valence-electron chi connectivity index (χ3n) is 21.2. The molecule has 8 aromatic rings. The summed E-state index contributed by atoms with van der Waals surface area (Å²) in [6.45, 7) is 38.6. The number of Topliss-reactive ketones (excluding diaryl/α,β-unsaturated/α-hetero) is 1. The van der Waals surface area contributed by atoms with Crippen molar-refractivity contribution < 1.29 is 54.5 Å². The van der Waals surface area contributed by atoms with E-state index in [9.17, 15) is 45.0 Å². The van der Waals surface area contributed by atoms with E-state index in [4.69, 9.17) is 21.1 Å². The van der Waals surface area contributed by atoms with Crippen molar-refractivity contribution in [3.05, 3.63) is 133 Å². The summed E-state index contributed by atoms with van der Waals surface area (Å²) in [5.41, 5.74) is 8.16. The number of aryl methyl sites for hydroxylation is 8. The number of nitrogens with zero attached hydrogens (tertiary/aromatic N) is 16. The average Bonchev–Trinajstić information content (AvgIpc) is 1.55. The van der Waals surface area contributed by atoms with Gasteiger partial charge in [-0.15, -0.1) is 0 Å². The van der Waals surface area contributed by atoms with Gasteiger partial charge < -0.3 is 31.1 Å². The molecule has 1 atom stereocenters. The molecule has 1 unspecified atom stereocenters. The van der Waals surface area contributed by atoms with Crippen LogP contribution in [0.4, 0.5) is 58.4 Å². The van der Waals surface area contributed by atoms with Crippen LogP contribution in [0.2, 0.25) is 18.5 Å². The van der Waals surface area contributed by atoms with Crippen LogP contribution in [0.3, 0.4) is 0 Å². The summed E-state index contributed by atoms with van der Waals surface area (Å²) in [7, 11) is 0. The van der Waals surface area contributed by atoms with Crippen molar-refractivity contribution in [3.63, 3.8) is 0 Å². The second-order valence-corrected chi connectivity index (χ2v) is 45.3. The number of hydrogen-bond acceptors (Lipinski definition) is 20. The van der Waals surface area contributed by atoms with E-state index in [2.05, 4.69) is 122 Å². The minimum atomic E-state index is -2.58. The number of halogens is 9. The van der Waals surface area contributed by atoms with Gasteiger partial charge in [-0.2, -0.15) is 45.3 Å². The number of ketones is 1. The van der Waals surface area contributed by atoms with Crippen molar-refractivity contribution in [1.29, 1.82) is 0 Å². The Hall–Kier alpha value is -8.40. The molecule has 5 N–H and O–H groups in total. The molecule has 0 amide bonds. The smallest absolute Gasteiger partial charge is 0.254 e. The molecule has 12 rings (SSSR count). The molecule has 0 aromatic carbocycles. The van der Waals surface area contributed by atoms with Crippen molar-refractivity contribution >= 4 is 64.8 Å². The van der Waals surface area contributed by atoms with Crippen LogP contribution in [-0.4, -0.2) is 169 Å². The van der Waals surface area contributed by atoms with Crippen LogP contribution in [0.5, 0.6) is 0 Å². The van der Waals surface area contributed by atoms with Crippen LogP contribution in [0, 0.1) is 55.4 Å². The summed E-state index contributed by atoms with van der Waals surface area (Å²) in [6.07, 6.45) is 9.48. The summed E-state index contributed by atoms with van der Waals surface area (Å²) in [4.78, 5) is 47.0. The summed E-state index contributed by atoms with van der Waals surface area (Å²) in [5.74, 6) is -6.55. The average molecular weight is 1780 g/mol. The quantitative estimate of drug-likeness (QED) is 0.00957. The predicted molar refractivity (Wildman–Crippen MR) is 450 cm³/mol. The van der Waals surface area contributed by atoms with Crippen molar-refractivity contribution in [2.75, 3.05) is 34.5 Å². The minimum Gasteiger partial charge on any atom is -0.387 e. The van der Waals surface area contributed by atoms with Gasteiger partial charge in [0.05, 0.1) is 41.2 Å². The van der Waals surface area contributed by atoms with Crippen LogP contribution in [0.25, 0.3) is 29.6 Å². The van der Waals surface area contributed by atoms with Gasteiger partial charge in [0.25, 0.3) is 23.8 Å². The Labute approximate surface area is 698 Å². The molecular formula is C84H121ClF8N20O4Sn. The first-order valence-corrected chi connectivity index (χ1v) is 49.4. The van der Waals surface area contributed by atoms with Gasteiger partial charge in [0.1, 0.15) is 45.6 Å². The Morgan fingerprint density at radius 1 is 0.458 bits per heavy atom. The molecule has 8 heterocycles. The summed E-state index contributed by atoms with van der Waals surface area (Å²) in [6, 6.07) is 14.0. The third kappa shape index (κ3) is 28.6. The topological polar surface area (TPSA) is 278 Å². The minimum absolute atomic E-state index is 0.0334. The summed E-state index contributed by atoms with van der Waals surface area (Å²) in [5, 5.41) is 40.5. The number of aromatic nitrogens is 16. The number of ether oxygens (including phenoxy) is 2. The summed E-state index contributed by atoms with van der Waals surface area (Å²) < 4.78 is 130. The fourth-order valence-electron chi connectivity index (χ4n) is 14.8. The van der Waals surface area contributed by atoms with Gasteiger partial charge in [0.2, 0.25) is 23.7 Å². The van der Waals surface area contributed by atoms with E-state index in [0.717, 1.165) is 52.2 Å². The Kier molecular flexibility index (Phi) is 34.8. The van der Waals surface area contributed by atoms with E-state index in [0.29, 0.717) is 122 Å². The van der Waals surface area contributed by atoms with Gasteiger partial charge in [0.15, 0.2) is 5.78 Å². The number of rotatable bonds is 29. The van der Waals surface area contributed by atoms with Gasteiger partial charge >= 0.3 is 120 Å². The predicted octanol–water partition coefficient (Wildman–Crippen LogP) is 20.9. The first kappa shape index (κ1) is 95.1. The number of aliphatic hydroxyl groups excluding tert-OH is 1. The van der Waals surface area contributed by atoms with Crippen molar-refractivity contribution in [1.82, 2.24) is 79.0 Å². The Morgan fingerprint density at radius 3 is 1.03 bits per heavy atom. The second kappa shape index (κ2) is 43.2. The monoisotopic (exact) mass is 1780 g/mol. The molecule has 648 valence electrons. The van der Waals surface area contributed by atoms with E-state index in [1.165, 1.54) is 62.5 Å². The number of alkyl halides is 8. The first-order valence-electron chi connectivity index (χ1n) is 41.5. The SMILES string of the molecule is C=C(OCC)c1cc(NC2CCC(F)(F)CC2)nc(-n2nc(C)cc2C)n1.C=[C](OCC)[Sn]([CH2]CCC)([CH2]CCC)[CH2]CCC.CC(=O)c1cc(NC2CCC(F)(F)CC2)nc(-n2nc(C)cc2C)n1.Cc1cc(C)n(-c2nc(Cl)cc(NC3CCC(F)(F)CC3)n2)n1.Cc1cc(C)n(-c2nc(NC3CCC(F)(F)CC3)cc(C(C)O)n2)n1. The number of unbranched alkanes of at least 4 members (excludes halogenated alkanes) is 3. The van der Waals surface area contributed by atoms with Crippen LogP contribution in [0.1, 0.15) is 263 Å². The van der Waals surface area contributed by atoms with E-state index >= 15 is 0 Å². The molecule has 118 heavy (non-hydrogen) atoms. The van der Waals surface area contributed by atoms with Gasteiger partial charge in [-0.3, -0.25) is 4.79 Å². The molecule has 0 bridgehead atoms. The second-order valence-electron chi connectivity index (χ2n) is 31.7. The Morgan fingerprint density at radius 2 is 0.746 bits per heavy atom. The normalized spacial score (nSPS) is 16.9. The number of nitrogens with one attached hydrogen (secondary N) is 4. The number of carbonyl (C=O) groups excluding carboxylic acids is 1. The van der Waals surface area contributed by atoms with Gasteiger partial charge in [0, 0.05) is 129 Å². The molecular weight excluding hydrogens is 1660 g/mol. The molecule has 24 nitrogen and oxygen atoms in total. The maximum Gasteiger partial charge on any atom is 0.254 e. The van der Waals surface area contributed by atoms with Gasteiger partial charge in [-0.25, -0.2) is 68.8 Å². The van der Waals surface area contributed by atoms with Crippen molar-refractivity contribution in [3.8, 4) is 23.8 Å². The Balaban J connectivity index is 0.000000185. The van der Waals surface area contributed by atoms with E-state index in [1.807, 2.05) is 86.6 Å². The molecule has 4 aliphatic carbocycles. The van der Waals surface area contributed by atoms with Crippen LogP contribution < -0.4 is 21.3 Å². The molecule has 0 radical (unpaired) electrons. The number of anilines is 4. The molecule has 4 fully saturated rings. The molecule has 4 saturated carbocycles. The largest absolute Gasteiger partial charge is 0.387 e. The van der Waals surface area contributed by atoms with E-state index in [1.54, 1.807) is 49.9 Å².